The first-order valence-corrected chi connectivity index (χ1v) is 7.90. The number of ether oxygens (including phenoxy) is 1. The summed E-state index contributed by atoms with van der Waals surface area (Å²) in [6.45, 7) is 1.78. The summed E-state index contributed by atoms with van der Waals surface area (Å²) in [5.41, 5.74) is 0.855. The first-order chi connectivity index (χ1) is 8.97. The molecule has 1 N–H and O–H groups in total. The van der Waals surface area contributed by atoms with E-state index in [-0.39, 0.29) is 18.3 Å². The van der Waals surface area contributed by atoms with Crippen LogP contribution in [0.15, 0.2) is 24.3 Å². The molecule has 2 atom stereocenters. The summed E-state index contributed by atoms with van der Waals surface area (Å²) < 4.78 is 30.7. The fraction of sp³-hybridized carbons (Fsp3) is 0.538. The van der Waals surface area contributed by atoms with Crippen LogP contribution in [0.25, 0.3) is 0 Å². The van der Waals surface area contributed by atoms with Crippen molar-refractivity contribution in [2.45, 2.75) is 25.5 Å². The van der Waals surface area contributed by atoms with E-state index in [4.69, 9.17) is 4.74 Å². The average molecular weight is 285 g/mol. The van der Waals surface area contributed by atoms with E-state index >= 15 is 0 Å². The van der Waals surface area contributed by atoms with Crippen molar-refractivity contribution in [3.05, 3.63) is 29.8 Å². The van der Waals surface area contributed by atoms with E-state index in [2.05, 4.69) is 0 Å². The Morgan fingerprint density at radius 2 is 2.21 bits per heavy atom. The lowest BCUT2D eigenvalue weighted by molar-refractivity contribution is 0.188. The van der Waals surface area contributed by atoms with Crippen LogP contribution < -0.4 is 4.74 Å². The second kappa shape index (κ2) is 5.48. The Labute approximate surface area is 113 Å². The summed E-state index contributed by atoms with van der Waals surface area (Å²) in [6, 6.07) is 7.02. The molecule has 19 heavy (non-hydrogen) atoms. The maximum absolute atomic E-state index is 12.1. The lowest BCUT2D eigenvalue weighted by Gasteiger charge is -2.23. The van der Waals surface area contributed by atoms with Crippen molar-refractivity contribution in [1.29, 1.82) is 0 Å². The number of aliphatic hydroxyl groups excluding tert-OH is 1. The van der Waals surface area contributed by atoms with Crippen LogP contribution in [0.2, 0.25) is 0 Å². The molecule has 106 valence electrons. The van der Waals surface area contributed by atoms with Crippen molar-refractivity contribution in [1.82, 2.24) is 4.31 Å². The maximum atomic E-state index is 12.1. The topological polar surface area (TPSA) is 66.8 Å². The molecule has 1 aliphatic rings. The zero-order chi connectivity index (χ0) is 14.0. The van der Waals surface area contributed by atoms with Crippen LogP contribution in [-0.4, -0.2) is 43.3 Å². The largest absolute Gasteiger partial charge is 0.497 e. The van der Waals surface area contributed by atoms with Gasteiger partial charge in [0.25, 0.3) is 0 Å². The maximum Gasteiger partial charge on any atom is 0.214 e. The third-order valence-corrected chi connectivity index (χ3v) is 5.28. The van der Waals surface area contributed by atoms with Crippen LogP contribution in [0.3, 0.4) is 0 Å². The van der Waals surface area contributed by atoms with Crippen LogP contribution >= 0.6 is 0 Å². The SMILES string of the molecule is CCS(=O)(=O)N1C[C@@H](O)C[C@@H]1c1cccc(OC)c1. The Morgan fingerprint density at radius 1 is 1.47 bits per heavy atom. The quantitative estimate of drug-likeness (QED) is 0.901. The molecule has 1 aliphatic heterocycles. The molecule has 0 bridgehead atoms. The minimum Gasteiger partial charge on any atom is -0.497 e. The predicted octanol–water partition coefficient (Wildman–Crippen LogP) is 1.15. The van der Waals surface area contributed by atoms with Gasteiger partial charge in [-0.1, -0.05) is 12.1 Å². The summed E-state index contributed by atoms with van der Waals surface area (Å²) in [6.07, 6.45) is -0.190. The van der Waals surface area contributed by atoms with Gasteiger partial charge < -0.3 is 9.84 Å². The van der Waals surface area contributed by atoms with Crippen LogP contribution in [0, 0.1) is 0 Å². The Morgan fingerprint density at radius 3 is 2.84 bits per heavy atom. The van der Waals surface area contributed by atoms with Crippen LogP contribution in [0.4, 0.5) is 0 Å². The molecule has 0 amide bonds. The van der Waals surface area contributed by atoms with Crippen molar-refractivity contribution >= 4 is 10.0 Å². The standard InChI is InChI=1S/C13H19NO4S/c1-3-19(16,17)14-9-11(15)8-13(14)10-5-4-6-12(7-10)18-2/h4-7,11,13,15H,3,8-9H2,1-2H3/t11-,13+/m0/s1. The third-order valence-electron chi connectivity index (χ3n) is 3.43. The minimum atomic E-state index is -3.32. The van der Waals surface area contributed by atoms with Gasteiger partial charge in [0.15, 0.2) is 0 Å². The van der Waals surface area contributed by atoms with Gasteiger partial charge in [-0.05, 0) is 31.0 Å². The Bertz CT molecular complexity index is 543. The molecule has 0 unspecified atom stereocenters. The Balaban J connectivity index is 2.35. The van der Waals surface area contributed by atoms with E-state index in [0.29, 0.717) is 12.2 Å². The van der Waals surface area contributed by atoms with Gasteiger partial charge in [-0.15, -0.1) is 0 Å². The van der Waals surface area contributed by atoms with E-state index in [1.54, 1.807) is 14.0 Å². The fourth-order valence-electron chi connectivity index (χ4n) is 2.41. The van der Waals surface area contributed by atoms with Crippen LogP contribution in [0.5, 0.6) is 5.75 Å². The molecule has 6 heteroatoms. The highest BCUT2D eigenvalue weighted by molar-refractivity contribution is 7.89. The van der Waals surface area contributed by atoms with E-state index < -0.39 is 16.1 Å². The van der Waals surface area contributed by atoms with Crippen molar-refractivity contribution in [2.24, 2.45) is 0 Å². The minimum absolute atomic E-state index is 0.0419. The van der Waals surface area contributed by atoms with Gasteiger partial charge in [-0.2, -0.15) is 4.31 Å². The Hall–Kier alpha value is -1.11. The van der Waals surface area contributed by atoms with Crippen LogP contribution in [-0.2, 0) is 10.0 Å². The van der Waals surface area contributed by atoms with Crippen molar-refractivity contribution in [2.75, 3.05) is 19.4 Å². The highest BCUT2D eigenvalue weighted by atomic mass is 32.2. The summed E-state index contributed by atoms with van der Waals surface area (Å²) >= 11 is 0. The molecule has 0 aromatic heterocycles. The number of benzene rings is 1. The van der Waals surface area contributed by atoms with Gasteiger partial charge in [0.05, 0.1) is 25.0 Å². The van der Waals surface area contributed by atoms with Gasteiger partial charge >= 0.3 is 0 Å². The lowest BCUT2D eigenvalue weighted by Crippen LogP contribution is -2.33. The molecule has 0 radical (unpaired) electrons. The molecular formula is C13H19NO4S. The highest BCUT2D eigenvalue weighted by Crippen LogP contribution is 2.35. The summed E-state index contributed by atoms with van der Waals surface area (Å²) in [7, 11) is -1.74. The first kappa shape index (κ1) is 14.3. The lowest BCUT2D eigenvalue weighted by atomic mass is 10.0. The van der Waals surface area contributed by atoms with Crippen LogP contribution in [0.1, 0.15) is 24.9 Å². The number of hydrogen-bond donors (Lipinski definition) is 1. The van der Waals surface area contributed by atoms with Gasteiger partial charge in [0.1, 0.15) is 5.75 Å². The summed E-state index contributed by atoms with van der Waals surface area (Å²) in [4.78, 5) is 0. The molecule has 0 saturated carbocycles. The second-order valence-corrected chi connectivity index (χ2v) is 6.86. The van der Waals surface area contributed by atoms with E-state index in [1.807, 2.05) is 24.3 Å². The van der Waals surface area contributed by atoms with E-state index in [0.717, 1.165) is 5.56 Å². The van der Waals surface area contributed by atoms with E-state index in [9.17, 15) is 13.5 Å². The fourth-order valence-corrected chi connectivity index (χ4v) is 3.74. The second-order valence-electron chi connectivity index (χ2n) is 4.65. The predicted molar refractivity (Wildman–Crippen MR) is 72.5 cm³/mol. The number of hydrogen-bond acceptors (Lipinski definition) is 4. The Kier molecular flexibility index (Phi) is 4.13. The molecule has 1 heterocycles. The third kappa shape index (κ3) is 2.91. The van der Waals surface area contributed by atoms with Gasteiger partial charge in [0.2, 0.25) is 10.0 Å². The molecule has 1 fully saturated rings. The van der Waals surface area contributed by atoms with Gasteiger partial charge in [-0.25, -0.2) is 8.42 Å². The average Bonchev–Trinajstić information content (AvgIpc) is 2.82. The molecule has 1 aromatic rings. The first-order valence-electron chi connectivity index (χ1n) is 6.29. The number of nitrogens with zero attached hydrogens (tertiary/aromatic N) is 1. The number of methoxy groups -OCH3 is 1. The number of aliphatic hydroxyl groups is 1. The molecule has 2 rings (SSSR count). The molecule has 0 spiro atoms. The van der Waals surface area contributed by atoms with E-state index in [1.165, 1.54) is 4.31 Å². The molecule has 1 saturated heterocycles. The van der Waals surface area contributed by atoms with Gasteiger partial charge in [-0.3, -0.25) is 0 Å². The molecule has 0 aliphatic carbocycles. The number of rotatable bonds is 4. The van der Waals surface area contributed by atoms with Crippen molar-refractivity contribution in [3.63, 3.8) is 0 Å². The van der Waals surface area contributed by atoms with Crippen molar-refractivity contribution < 1.29 is 18.3 Å². The molecule has 5 nitrogen and oxygen atoms in total. The van der Waals surface area contributed by atoms with Gasteiger partial charge in [0, 0.05) is 6.54 Å². The number of β-amino-alcohol motifs (C(OH)–C–C–N with tert-alkyl or cyclic N) is 1. The smallest absolute Gasteiger partial charge is 0.214 e. The summed E-state index contributed by atoms with van der Waals surface area (Å²) in [5.74, 6) is 0.730. The highest BCUT2D eigenvalue weighted by Gasteiger charge is 2.38. The monoisotopic (exact) mass is 285 g/mol. The zero-order valence-electron chi connectivity index (χ0n) is 11.1. The summed E-state index contributed by atoms with van der Waals surface area (Å²) in [5, 5.41) is 9.78. The van der Waals surface area contributed by atoms with Crippen molar-refractivity contribution in [3.8, 4) is 5.75 Å². The molecule has 1 aromatic carbocycles. The number of sulfonamides is 1. The molecular weight excluding hydrogens is 266 g/mol. The zero-order valence-corrected chi connectivity index (χ0v) is 11.9. The normalized spacial score (nSPS) is 24.6.